The third-order valence-corrected chi connectivity index (χ3v) is 18.3. The Kier molecular flexibility index (Phi) is 13.1. The van der Waals surface area contributed by atoms with Gasteiger partial charge < -0.3 is 88.6 Å². The molecular formula is C46H74O18. The van der Waals surface area contributed by atoms with E-state index in [9.17, 15) is 46.0 Å². The lowest BCUT2D eigenvalue weighted by Crippen LogP contribution is -2.66. The van der Waals surface area contributed by atoms with Crippen molar-refractivity contribution in [2.75, 3.05) is 13.7 Å². The fraction of sp³-hybridized carbons (Fsp3) is 0.957. The first-order valence-electron chi connectivity index (χ1n) is 23.8. The molecule has 366 valence electrons. The molecule has 5 heterocycles. The zero-order valence-corrected chi connectivity index (χ0v) is 38.1. The summed E-state index contributed by atoms with van der Waals surface area (Å²) in [5.41, 5.74) is -0.267. The highest BCUT2D eigenvalue weighted by Gasteiger charge is 2.76. The van der Waals surface area contributed by atoms with Crippen LogP contribution in [0.2, 0.25) is 0 Å². The molecule has 3 saturated carbocycles. The van der Waals surface area contributed by atoms with Crippen LogP contribution in [0.15, 0.2) is 11.6 Å². The number of hydrogen-bond acceptors (Lipinski definition) is 18. The first-order chi connectivity index (χ1) is 30.2. The third-order valence-electron chi connectivity index (χ3n) is 18.3. The lowest BCUT2D eigenvalue weighted by molar-refractivity contribution is -0.388. The highest BCUT2D eigenvalue weighted by molar-refractivity contribution is 5.29. The number of allylic oxidation sites excluding steroid dienone is 1. The van der Waals surface area contributed by atoms with Gasteiger partial charge >= 0.3 is 0 Å². The van der Waals surface area contributed by atoms with Crippen LogP contribution in [0, 0.1) is 40.4 Å². The Morgan fingerprint density at radius 2 is 1.31 bits per heavy atom. The average Bonchev–Trinajstić information content (AvgIpc) is 3.63. The molecule has 0 amide bonds. The zero-order chi connectivity index (χ0) is 46.0. The molecule has 64 heavy (non-hydrogen) atoms. The van der Waals surface area contributed by atoms with Crippen LogP contribution < -0.4 is 0 Å². The van der Waals surface area contributed by atoms with E-state index < -0.39 is 116 Å². The summed E-state index contributed by atoms with van der Waals surface area (Å²) in [4.78, 5) is 0. The quantitative estimate of drug-likeness (QED) is 0.149. The highest BCUT2D eigenvalue weighted by Crippen LogP contribution is 2.72. The van der Waals surface area contributed by atoms with Crippen molar-refractivity contribution in [1.82, 2.24) is 0 Å². The minimum atomic E-state index is -1.73. The van der Waals surface area contributed by atoms with Crippen LogP contribution in [-0.4, -0.2) is 182 Å². The maximum absolute atomic E-state index is 12.9. The van der Waals surface area contributed by atoms with Gasteiger partial charge in [-0.1, -0.05) is 39.3 Å². The summed E-state index contributed by atoms with van der Waals surface area (Å²) in [7, 11) is 1.67. The van der Waals surface area contributed by atoms with E-state index in [0.717, 1.165) is 44.9 Å². The standard InChI is InChI=1S/C46H74O18/c1-19-10-15-45(64-39(19)56-7)22(4)46(55)29(63-45)17-27-25-9-8-23-16-24(11-13-43(23,5)26(25)12-14-44(27,46)6)59-42-38(62-41-35(53)33(51)31(49)21(3)58-41)36(54)37(28(18-47)60-42)61-40-34(52)32(50)30(48)20(2)57-40/h8,19-22,24-42,47-55H,9-18H2,1-7H3/t19-,20+,21+,22-,24+,25-,26+,27+,28-,29+,30+,31+,32-,33-,34-,35-,36+,37-,38-,39-,40+,41+,42-,43+,44+,45+,46-/m1/s1. The Morgan fingerprint density at radius 1 is 0.672 bits per heavy atom. The molecule has 27 atom stereocenters. The predicted octanol–water partition coefficient (Wildman–Crippen LogP) is 0.329. The number of hydrogen-bond donors (Lipinski definition) is 9. The van der Waals surface area contributed by atoms with Crippen LogP contribution in [0.3, 0.4) is 0 Å². The summed E-state index contributed by atoms with van der Waals surface area (Å²) in [6.07, 6.45) is -13.5. The summed E-state index contributed by atoms with van der Waals surface area (Å²) in [6, 6.07) is 0. The molecule has 0 aromatic carbocycles. The van der Waals surface area contributed by atoms with Gasteiger partial charge in [-0.15, -0.1) is 0 Å². The highest BCUT2D eigenvalue weighted by atomic mass is 16.8. The van der Waals surface area contributed by atoms with Crippen LogP contribution in [0.5, 0.6) is 0 Å². The topological polar surface area (TPSA) is 265 Å². The van der Waals surface area contributed by atoms with Crippen molar-refractivity contribution in [3.8, 4) is 0 Å². The molecular weight excluding hydrogens is 840 g/mol. The van der Waals surface area contributed by atoms with Crippen molar-refractivity contribution >= 4 is 0 Å². The maximum Gasteiger partial charge on any atom is 0.187 e. The van der Waals surface area contributed by atoms with E-state index in [1.165, 1.54) is 19.4 Å². The molecule has 0 aromatic rings. The second-order valence-electron chi connectivity index (χ2n) is 21.4. The van der Waals surface area contributed by atoms with Gasteiger partial charge in [0.1, 0.15) is 66.6 Å². The van der Waals surface area contributed by atoms with Crippen LogP contribution in [0.1, 0.15) is 99.3 Å². The Hall–Kier alpha value is -0.980. The first kappa shape index (κ1) is 48.1. The second kappa shape index (κ2) is 17.5. The molecule has 0 radical (unpaired) electrons. The van der Waals surface area contributed by atoms with E-state index >= 15 is 0 Å². The lowest BCUT2D eigenvalue weighted by atomic mass is 9.46. The van der Waals surface area contributed by atoms with Crippen LogP contribution in [0.4, 0.5) is 0 Å². The molecule has 8 fully saturated rings. The van der Waals surface area contributed by atoms with Gasteiger partial charge in [0.05, 0.1) is 31.0 Å². The van der Waals surface area contributed by atoms with Crippen molar-refractivity contribution < 1.29 is 88.6 Å². The van der Waals surface area contributed by atoms with Gasteiger partial charge in [-0.05, 0) is 88.4 Å². The summed E-state index contributed by atoms with van der Waals surface area (Å²) in [6.45, 7) is 11.2. The van der Waals surface area contributed by atoms with E-state index in [-0.39, 0.29) is 41.0 Å². The first-order valence-corrected chi connectivity index (χ1v) is 23.8. The van der Waals surface area contributed by atoms with Gasteiger partial charge in [-0.25, -0.2) is 0 Å². The Morgan fingerprint density at radius 3 is 1.94 bits per heavy atom. The number of aliphatic hydroxyl groups is 9. The van der Waals surface area contributed by atoms with E-state index in [1.54, 1.807) is 7.11 Å². The lowest BCUT2D eigenvalue weighted by Gasteiger charge is -2.60. The monoisotopic (exact) mass is 914 g/mol. The molecule has 9 aliphatic rings. The summed E-state index contributed by atoms with van der Waals surface area (Å²) < 4.78 is 55.8. The number of aliphatic hydroxyl groups excluding tert-OH is 8. The largest absolute Gasteiger partial charge is 0.394 e. The number of methoxy groups -OCH3 is 1. The Balaban J connectivity index is 0.922. The van der Waals surface area contributed by atoms with Gasteiger partial charge in [-0.3, -0.25) is 0 Å². The van der Waals surface area contributed by atoms with Gasteiger partial charge in [-0.2, -0.15) is 0 Å². The van der Waals surface area contributed by atoms with Crippen molar-refractivity contribution in [3.63, 3.8) is 0 Å². The van der Waals surface area contributed by atoms with E-state index in [0.29, 0.717) is 24.7 Å². The fourth-order valence-corrected chi connectivity index (χ4v) is 14.2. The molecule has 18 nitrogen and oxygen atoms in total. The molecule has 18 heteroatoms. The van der Waals surface area contributed by atoms with Gasteiger partial charge in [0.2, 0.25) is 0 Å². The molecule has 5 aliphatic heterocycles. The zero-order valence-electron chi connectivity index (χ0n) is 38.1. The maximum atomic E-state index is 12.9. The molecule has 0 bridgehead atoms. The Labute approximate surface area is 375 Å². The van der Waals surface area contributed by atoms with E-state index in [2.05, 4.69) is 33.8 Å². The number of rotatable bonds is 8. The predicted molar refractivity (Wildman–Crippen MR) is 220 cm³/mol. The van der Waals surface area contributed by atoms with Crippen molar-refractivity contribution in [3.05, 3.63) is 11.6 Å². The van der Waals surface area contributed by atoms with E-state index in [4.69, 9.17) is 42.6 Å². The van der Waals surface area contributed by atoms with Crippen molar-refractivity contribution in [1.29, 1.82) is 0 Å². The normalized spacial score (nSPS) is 58.6. The van der Waals surface area contributed by atoms with E-state index in [1.807, 2.05) is 0 Å². The molecule has 4 aliphatic carbocycles. The van der Waals surface area contributed by atoms with Crippen LogP contribution in [-0.2, 0) is 42.6 Å². The molecule has 1 spiro atoms. The van der Waals surface area contributed by atoms with Crippen LogP contribution >= 0.6 is 0 Å². The van der Waals surface area contributed by atoms with Crippen LogP contribution in [0.25, 0.3) is 0 Å². The SMILES string of the molecule is CO[C@@H]1O[C@]2(CC[C@H]1C)O[C@H]1C[C@H]3[C@@H]4CC=C5C[C@@H](O[C@@H]6O[C@H](CO)[C@@H](O[C@@H]7O[C@@H](C)[C@H](O)[C@@H](O)[C@H]7O)[C@H](O)[C@H]6O[C@@H]6O[C@@H](C)[C@H](O)[C@@H](O)[C@H]6O)CC[C@]5(C)[C@H]4CC[C@]3(C)[C@@]1(O)[C@@H]2C. The second-order valence-corrected chi connectivity index (χ2v) is 21.4. The molecule has 9 rings (SSSR count). The molecule has 9 N–H and O–H groups in total. The minimum Gasteiger partial charge on any atom is -0.394 e. The van der Waals surface area contributed by atoms with Gasteiger partial charge in [0.25, 0.3) is 0 Å². The van der Waals surface area contributed by atoms with Gasteiger partial charge in [0.15, 0.2) is 30.9 Å². The smallest absolute Gasteiger partial charge is 0.187 e. The average molecular weight is 915 g/mol. The van der Waals surface area contributed by atoms with Gasteiger partial charge in [0, 0.05) is 30.8 Å². The molecule has 0 aromatic heterocycles. The Bertz CT molecular complexity index is 1710. The molecule has 0 unspecified atom stereocenters. The van der Waals surface area contributed by atoms with Crippen molar-refractivity contribution in [2.45, 2.75) is 221 Å². The summed E-state index contributed by atoms with van der Waals surface area (Å²) in [5.74, 6) is 0.101. The van der Waals surface area contributed by atoms with Crippen molar-refractivity contribution in [2.24, 2.45) is 40.4 Å². The summed E-state index contributed by atoms with van der Waals surface area (Å²) >= 11 is 0. The minimum absolute atomic E-state index is 0.134. The number of fused-ring (bicyclic) bond motifs is 7. The summed E-state index contributed by atoms with van der Waals surface area (Å²) in [5, 5.41) is 98.9. The third kappa shape index (κ3) is 7.34. The fourth-order valence-electron chi connectivity index (χ4n) is 14.2. The number of ether oxygens (including phenoxy) is 9. The molecule has 5 saturated heterocycles.